The van der Waals surface area contributed by atoms with Gasteiger partial charge in [0, 0.05) is 33.8 Å². The normalized spacial score (nSPS) is 10.8. The van der Waals surface area contributed by atoms with Crippen molar-refractivity contribution in [3.8, 4) is 11.1 Å². The Kier molecular flexibility index (Phi) is 8.12. The Hall–Kier alpha value is -6.66. The van der Waals surface area contributed by atoms with Crippen molar-refractivity contribution >= 4 is 56.8 Å². The smallest absolute Gasteiger partial charge is 0.335 e. The van der Waals surface area contributed by atoms with Gasteiger partial charge in [-0.3, -0.25) is 0 Å². The second-order valence-electron chi connectivity index (χ2n) is 11.3. The third-order valence-corrected chi connectivity index (χ3v) is 8.31. The minimum atomic E-state index is -1.04. The van der Waals surface area contributed by atoms with Crippen molar-refractivity contribution in [2.45, 2.75) is 0 Å². The molecular formula is C42H30N2O4. The van der Waals surface area contributed by atoms with Gasteiger partial charge in [0.15, 0.2) is 0 Å². The molecule has 0 heterocycles. The molecule has 0 fully saturated rings. The number of fused-ring (bicyclic) bond motifs is 1. The van der Waals surface area contributed by atoms with Crippen molar-refractivity contribution in [2.24, 2.45) is 0 Å². The summed E-state index contributed by atoms with van der Waals surface area (Å²) in [4.78, 5) is 27.7. The van der Waals surface area contributed by atoms with E-state index in [2.05, 4.69) is 83.8 Å². The SMILES string of the molecule is O=C(O)c1cccc(N(c2ccc(-c3ccc(N(c4ccccc4)c4cccc5ccccc45)cc3)cc2)c2cccc(C(=O)O)c2)c1. The number of carboxylic acid groups (broad SMARTS) is 2. The van der Waals surface area contributed by atoms with E-state index in [-0.39, 0.29) is 11.1 Å². The van der Waals surface area contributed by atoms with E-state index < -0.39 is 11.9 Å². The first-order valence-electron chi connectivity index (χ1n) is 15.5. The number of aromatic carboxylic acids is 2. The van der Waals surface area contributed by atoms with Gasteiger partial charge >= 0.3 is 11.9 Å². The number of carboxylic acids is 2. The van der Waals surface area contributed by atoms with Gasteiger partial charge in [0.05, 0.1) is 16.8 Å². The predicted molar refractivity (Wildman–Crippen MR) is 193 cm³/mol. The molecule has 0 aliphatic heterocycles. The fourth-order valence-electron chi connectivity index (χ4n) is 6.02. The Morgan fingerprint density at radius 1 is 0.396 bits per heavy atom. The zero-order chi connectivity index (χ0) is 33.0. The summed E-state index contributed by atoms with van der Waals surface area (Å²) in [5.74, 6) is -2.08. The molecule has 0 spiro atoms. The Balaban J connectivity index is 1.25. The average molecular weight is 627 g/mol. The van der Waals surface area contributed by atoms with E-state index in [1.165, 1.54) is 17.5 Å². The van der Waals surface area contributed by atoms with Crippen LogP contribution in [0.5, 0.6) is 0 Å². The number of anilines is 6. The van der Waals surface area contributed by atoms with Crippen LogP contribution in [0.15, 0.2) is 170 Å². The van der Waals surface area contributed by atoms with Crippen molar-refractivity contribution in [2.75, 3.05) is 9.80 Å². The fraction of sp³-hybridized carbons (Fsp3) is 0. The average Bonchev–Trinajstić information content (AvgIpc) is 3.13. The van der Waals surface area contributed by atoms with Crippen LogP contribution in [0.3, 0.4) is 0 Å². The van der Waals surface area contributed by atoms with Crippen LogP contribution in [0.25, 0.3) is 21.9 Å². The van der Waals surface area contributed by atoms with E-state index in [4.69, 9.17) is 0 Å². The molecular weight excluding hydrogens is 596 g/mol. The molecule has 6 nitrogen and oxygen atoms in total. The molecule has 2 N–H and O–H groups in total. The summed E-state index contributed by atoms with van der Waals surface area (Å²) in [5.41, 5.74) is 7.44. The van der Waals surface area contributed by atoms with Crippen molar-refractivity contribution in [1.82, 2.24) is 0 Å². The molecule has 6 heteroatoms. The third-order valence-electron chi connectivity index (χ3n) is 8.31. The predicted octanol–water partition coefficient (Wildman–Crippen LogP) is 10.8. The number of carbonyl (C=O) groups is 2. The molecule has 0 saturated heterocycles. The van der Waals surface area contributed by atoms with Crippen LogP contribution >= 0.6 is 0 Å². The minimum Gasteiger partial charge on any atom is -0.478 e. The molecule has 0 aliphatic carbocycles. The summed E-state index contributed by atoms with van der Waals surface area (Å²) < 4.78 is 0. The van der Waals surface area contributed by atoms with Crippen molar-refractivity contribution in [3.63, 3.8) is 0 Å². The quantitative estimate of drug-likeness (QED) is 0.166. The Morgan fingerprint density at radius 3 is 1.40 bits per heavy atom. The van der Waals surface area contributed by atoms with E-state index in [0.29, 0.717) is 11.4 Å². The number of hydrogen-bond acceptors (Lipinski definition) is 4. The van der Waals surface area contributed by atoms with E-state index in [1.54, 1.807) is 36.4 Å². The summed E-state index contributed by atoms with van der Waals surface area (Å²) in [6.45, 7) is 0. The number of benzene rings is 7. The maximum Gasteiger partial charge on any atom is 0.335 e. The van der Waals surface area contributed by atoms with Crippen LogP contribution in [-0.2, 0) is 0 Å². The molecule has 48 heavy (non-hydrogen) atoms. The van der Waals surface area contributed by atoms with Crippen molar-refractivity contribution < 1.29 is 19.8 Å². The molecule has 0 atom stereocenters. The van der Waals surface area contributed by atoms with E-state index in [9.17, 15) is 19.8 Å². The van der Waals surface area contributed by atoms with Crippen LogP contribution in [-0.4, -0.2) is 22.2 Å². The van der Waals surface area contributed by atoms with Gasteiger partial charge in [0.25, 0.3) is 0 Å². The van der Waals surface area contributed by atoms with Gasteiger partial charge in [0.2, 0.25) is 0 Å². The summed E-state index contributed by atoms with van der Waals surface area (Å²) in [6, 6.07) is 54.7. The van der Waals surface area contributed by atoms with Gasteiger partial charge < -0.3 is 20.0 Å². The number of nitrogens with zero attached hydrogens (tertiary/aromatic N) is 2. The maximum atomic E-state index is 11.8. The molecule has 0 amide bonds. The first kappa shape index (κ1) is 30.0. The summed E-state index contributed by atoms with van der Waals surface area (Å²) in [6.07, 6.45) is 0. The zero-order valence-corrected chi connectivity index (χ0v) is 25.8. The summed E-state index contributed by atoms with van der Waals surface area (Å²) >= 11 is 0. The number of para-hydroxylation sites is 1. The molecule has 0 aromatic heterocycles. The topological polar surface area (TPSA) is 81.1 Å². The zero-order valence-electron chi connectivity index (χ0n) is 25.8. The minimum absolute atomic E-state index is 0.136. The molecule has 0 unspecified atom stereocenters. The Labute approximate surface area is 278 Å². The van der Waals surface area contributed by atoms with Gasteiger partial charge in [0.1, 0.15) is 0 Å². The third kappa shape index (κ3) is 5.98. The van der Waals surface area contributed by atoms with Gasteiger partial charge in [-0.1, -0.05) is 91.0 Å². The second-order valence-corrected chi connectivity index (χ2v) is 11.3. The first-order chi connectivity index (χ1) is 23.5. The van der Waals surface area contributed by atoms with Gasteiger partial charge in [-0.05, 0) is 95.4 Å². The van der Waals surface area contributed by atoms with E-state index >= 15 is 0 Å². The van der Waals surface area contributed by atoms with Crippen molar-refractivity contribution in [1.29, 1.82) is 0 Å². The monoisotopic (exact) mass is 626 g/mol. The second kappa shape index (κ2) is 13.0. The van der Waals surface area contributed by atoms with Gasteiger partial charge in [-0.2, -0.15) is 0 Å². The van der Waals surface area contributed by atoms with E-state index in [0.717, 1.165) is 39.3 Å². The Morgan fingerprint density at radius 2 is 0.833 bits per heavy atom. The lowest BCUT2D eigenvalue weighted by Crippen LogP contribution is -2.12. The highest BCUT2D eigenvalue weighted by Crippen LogP contribution is 2.40. The van der Waals surface area contributed by atoms with Crippen LogP contribution in [0.4, 0.5) is 34.1 Å². The number of rotatable bonds is 9. The summed E-state index contributed by atoms with van der Waals surface area (Å²) in [5, 5.41) is 21.6. The van der Waals surface area contributed by atoms with Crippen LogP contribution < -0.4 is 9.80 Å². The molecule has 232 valence electrons. The lowest BCUT2D eigenvalue weighted by molar-refractivity contribution is 0.0686. The fourth-order valence-corrected chi connectivity index (χ4v) is 6.02. The molecule has 7 aromatic carbocycles. The molecule has 7 aromatic rings. The first-order valence-corrected chi connectivity index (χ1v) is 15.5. The lowest BCUT2D eigenvalue weighted by Gasteiger charge is -2.27. The lowest BCUT2D eigenvalue weighted by atomic mass is 10.0. The Bertz CT molecular complexity index is 2190. The molecule has 0 bridgehead atoms. The molecule has 0 radical (unpaired) electrons. The van der Waals surface area contributed by atoms with Crippen LogP contribution in [0, 0.1) is 0 Å². The van der Waals surface area contributed by atoms with E-state index in [1.807, 2.05) is 47.4 Å². The van der Waals surface area contributed by atoms with Gasteiger partial charge in [-0.25, -0.2) is 9.59 Å². The molecule has 0 saturated carbocycles. The highest BCUT2D eigenvalue weighted by Gasteiger charge is 2.18. The van der Waals surface area contributed by atoms with Crippen LogP contribution in [0.2, 0.25) is 0 Å². The maximum absolute atomic E-state index is 11.8. The highest BCUT2D eigenvalue weighted by atomic mass is 16.4. The summed E-state index contributed by atoms with van der Waals surface area (Å²) in [7, 11) is 0. The molecule has 7 rings (SSSR count). The molecule has 0 aliphatic rings. The van der Waals surface area contributed by atoms with Crippen LogP contribution in [0.1, 0.15) is 20.7 Å². The van der Waals surface area contributed by atoms with Gasteiger partial charge in [-0.15, -0.1) is 0 Å². The highest BCUT2D eigenvalue weighted by molar-refractivity contribution is 5.99. The van der Waals surface area contributed by atoms with Crippen molar-refractivity contribution in [3.05, 3.63) is 181 Å². The standard InChI is InChI=1S/C42H30N2O4/c45-41(46)32-11-6-15-37(27-32)43(38-16-7-12-33(28-38)42(47)48)35-23-19-29(20-24-35)30-21-25-36(26-22-30)44(34-13-2-1-3-14-34)40-18-8-10-31-9-4-5-17-39(31)40/h1-28H,(H,45,46)(H,47,48). The number of hydrogen-bond donors (Lipinski definition) is 2. The largest absolute Gasteiger partial charge is 0.478 e.